The van der Waals surface area contributed by atoms with E-state index in [1.807, 2.05) is 24.3 Å². The van der Waals surface area contributed by atoms with E-state index in [1.54, 1.807) is 0 Å². The molecule has 9 heavy (non-hydrogen) atoms. The van der Waals surface area contributed by atoms with Gasteiger partial charge in [-0.05, 0) is 46.9 Å². The van der Waals surface area contributed by atoms with Gasteiger partial charge in [0, 0.05) is 8.47 Å². The van der Waals surface area contributed by atoms with E-state index in [2.05, 4.69) is 35.2 Å². The van der Waals surface area contributed by atoms with Crippen molar-refractivity contribution >= 4 is 35.2 Å². The van der Waals surface area contributed by atoms with Crippen LogP contribution in [0.5, 0.6) is 0 Å². The van der Waals surface area contributed by atoms with Crippen molar-refractivity contribution in [2.24, 2.45) is 0 Å². The molecule has 0 atom stereocenters. The SMILES string of the molecule is Sc1ccc(I)cc1.[Na+]. The second-order valence-corrected chi connectivity index (χ2v) is 3.24. The Balaban J connectivity index is 0.000000640. The van der Waals surface area contributed by atoms with Gasteiger partial charge in [0.2, 0.25) is 0 Å². The zero-order valence-corrected chi connectivity index (χ0v) is 10.2. The molecule has 1 rings (SSSR count). The average molecular weight is 259 g/mol. The zero-order chi connectivity index (χ0) is 5.98. The van der Waals surface area contributed by atoms with Crippen molar-refractivity contribution in [3.05, 3.63) is 27.8 Å². The van der Waals surface area contributed by atoms with Gasteiger partial charge >= 0.3 is 29.6 Å². The van der Waals surface area contributed by atoms with Gasteiger partial charge in [-0.3, -0.25) is 0 Å². The summed E-state index contributed by atoms with van der Waals surface area (Å²) in [6.07, 6.45) is 0. The Bertz CT molecular complexity index is 152. The van der Waals surface area contributed by atoms with Gasteiger partial charge in [-0.2, -0.15) is 0 Å². The minimum absolute atomic E-state index is 0. The van der Waals surface area contributed by atoms with E-state index < -0.39 is 0 Å². The van der Waals surface area contributed by atoms with E-state index in [-0.39, 0.29) is 29.6 Å². The van der Waals surface area contributed by atoms with Crippen LogP contribution in [0.3, 0.4) is 0 Å². The van der Waals surface area contributed by atoms with Crippen LogP contribution in [-0.2, 0) is 0 Å². The molecule has 0 N–H and O–H groups in total. The van der Waals surface area contributed by atoms with Crippen molar-refractivity contribution in [1.82, 2.24) is 0 Å². The number of hydrogen-bond acceptors (Lipinski definition) is 1. The van der Waals surface area contributed by atoms with Crippen molar-refractivity contribution in [1.29, 1.82) is 0 Å². The van der Waals surface area contributed by atoms with E-state index in [4.69, 9.17) is 0 Å². The molecule has 0 aromatic heterocycles. The Morgan fingerprint density at radius 1 is 1.11 bits per heavy atom. The van der Waals surface area contributed by atoms with Crippen LogP contribution in [0.15, 0.2) is 29.2 Å². The molecule has 0 aliphatic rings. The maximum Gasteiger partial charge on any atom is 1.00 e. The molecule has 0 saturated carbocycles. The molecule has 42 valence electrons. The first-order chi connectivity index (χ1) is 3.79. The van der Waals surface area contributed by atoms with Gasteiger partial charge in [-0.1, -0.05) is 0 Å². The Kier molecular flexibility index (Phi) is 5.74. The summed E-state index contributed by atoms with van der Waals surface area (Å²) in [5.74, 6) is 0. The van der Waals surface area contributed by atoms with Crippen LogP contribution < -0.4 is 29.6 Å². The molecule has 0 fully saturated rings. The van der Waals surface area contributed by atoms with Crippen LogP contribution in [0.25, 0.3) is 0 Å². The van der Waals surface area contributed by atoms with Crippen LogP contribution in [0, 0.1) is 3.57 Å². The smallest absolute Gasteiger partial charge is 0.143 e. The summed E-state index contributed by atoms with van der Waals surface area (Å²) in [5, 5.41) is 0. The number of rotatable bonds is 0. The summed E-state index contributed by atoms with van der Waals surface area (Å²) in [6, 6.07) is 8.02. The first-order valence-corrected chi connectivity index (χ1v) is 3.76. The monoisotopic (exact) mass is 259 g/mol. The summed E-state index contributed by atoms with van der Waals surface area (Å²) in [4.78, 5) is 1.02. The zero-order valence-electron chi connectivity index (χ0n) is 5.13. The normalized spacial score (nSPS) is 8.22. The first-order valence-electron chi connectivity index (χ1n) is 2.23. The molecule has 0 radical (unpaired) electrons. The maximum absolute atomic E-state index is 4.13. The van der Waals surface area contributed by atoms with E-state index in [0.717, 1.165) is 4.90 Å². The second kappa shape index (κ2) is 5.02. The van der Waals surface area contributed by atoms with Crippen molar-refractivity contribution in [3.8, 4) is 0 Å². The molecule has 1 aromatic rings. The Labute approximate surface area is 96.3 Å². The van der Waals surface area contributed by atoms with Gasteiger partial charge in [-0.25, -0.2) is 0 Å². The predicted molar refractivity (Wildman–Crippen MR) is 46.4 cm³/mol. The van der Waals surface area contributed by atoms with Gasteiger partial charge in [0.25, 0.3) is 0 Å². The number of halogens is 1. The quantitative estimate of drug-likeness (QED) is 0.365. The van der Waals surface area contributed by atoms with Crippen LogP contribution in [0.2, 0.25) is 0 Å². The number of benzene rings is 1. The van der Waals surface area contributed by atoms with Gasteiger partial charge < -0.3 is 0 Å². The molecule has 0 nitrogen and oxygen atoms in total. The molecular weight excluding hydrogens is 254 g/mol. The topological polar surface area (TPSA) is 0 Å². The van der Waals surface area contributed by atoms with Crippen molar-refractivity contribution in [3.63, 3.8) is 0 Å². The maximum atomic E-state index is 4.13. The first kappa shape index (κ1) is 10.3. The third-order valence-electron chi connectivity index (χ3n) is 0.827. The molecule has 0 bridgehead atoms. The van der Waals surface area contributed by atoms with Crippen LogP contribution in [0.4, 0.5) is 0 Å². The number of hydrogen-bond donors (Lipinski definition) is 1. The standard InChI is InChI=1S/C6H5IS.Na/c7-5-1-3-6(8)4-2-5;/h1-4,8H;/q;+1. The minimum Gasteiger partial charge on any atom is -0.143 e. The summed E-state index contributed by atoms with van der Waals surface area (Å²) < 4.78 is 1.25. The summed E-state index contributed by atoms with van der Waals surface area (Å²) in [7, 11) is 0. The summed E-state index contributed by atoms with van der Waals surface area (Å²) >= 11 is 6.39. The number of thiol groups is 1. The molecule has 3 heteroatoms. The largest absolute Gasteiger partial charge is 1.00 e. The average Bonchev–Trinajstić information content (AvgIpc) is 1.77. The van der Waals surface area contributed by atoms with Gasteiger partial charge in [-0.15, -0.1) is 12.6 Å². The molecule has 1 aromatic carbocycles. The molecule has 0 aliphatic heterocycles. The summed E-state index contributed by atoms with van der Waals surface area (Å²) in [5.41, 5.74) is 0. The molecular formula is C6H5INaS+. The van der Waals surface area contributed by atoms with Crippen LogP contribution in [0.1, 0.15) is 0 Å². The van der Waals surface area contributed by atoms with E-state index in [0.29, 0.717) is 0 Å². The summed E-state index contributed by atoms with van der Waals surface area (Å²) in [6.45, 7) is 0. The minimum atomic E-state index is 0. The van der Waals surface area contributed by atoms with Gasteiger partial charge in [0.05, 0.1) is 0 Å². The van der Waals surface area contributed by atoms with Crippen LogP contribution >= 0.6 is 35.2 Å². The van der Waals surface area contributed by atoms with E-state index in [1.165, 1.54) is 3.57 Å². The van der Waals surface area contributed by atoms with Gasteiger partial charge in [0.15, 0.2) is 0 Å². The van der Waals surface area contributed by atoms with Crippen LogP contribution in [-0.4, -0.2) is 0 Å². The molecule has 0 aliphatic carbocycles. The Morgan fingerprint density at radius 3 is 1.89 bits per heavy atom. The van der Waals surface area contributed by atoms with E-state index >= 15 is 0 Å². The molecule has 0 heterocycles. The molecule has 0 unspecified atom stereocenters. The Hall–Kier alpha value is 1.30. The van der Waals surface area contributed by atoms with Crippen molar-refractivity contribution in [2.45, 2.75) is 4.90 Å². The van der Waals surface area contributed by atoms with Crippen molar-refractivity contribution in [2.75, 3.05) is 0 Å². The van der Waals surface area contributed by atoms with Crippen molar-refractivity contribution < 1.29 is 29.6 Å². The predicted octanol–water partition coefficient (Wildman–Crippen LogP) is -0.416. The molecule has 0 saturated heterocycles. The molecule has 0 spiro atoms. The third-order valence-corrected chi connectivity index (χ3v) is 1.84. The Morgan fingerprint density at radius 2 is 1.56 bits per heavy atom. The fourth-order valence-electron chi connectivity index (χ4n) is 0.441. The van der Waals surface area contributed by atoms with Gasteiger partial charge in [0.1, 0.15) is 0 Å². The second-order valence-electron chi connectivity index (χ2n) is 1.48. The fraction of sp³-hybridized carbons (Fsp3) is 0. The fourth-order valence-corrected chi connectivity index (χ4v) is 0.950. The molecule has 0 amide bonds. The third kappa shape index (κ3) is 3.88. The van der Waals surface area contributed by atoms with E-state index in [9.17, 15) is 0 Å².